The van der Waals surface area contributed by atoms with Crippen LogP contribution in [-0.2, 0) is 17.6 Å². The molecule has 0 spiro atoms. The first kappa shape index (κ1) is 29.0. The Morgan fingerprint density at radius 1 is 0.703 bits per heavy atom. The lowest BCUT2D eigenvalue weighted by Gasteiger charge is -2.14. The highest BCUT2D eigenvalue weighted by molar-refractivity contribution is 5.67. The van der Waals surface area contributed by atoms with Crippen LogP contribution >= 0.6 is 0 Å². The lowest BCUT2D eigenvalue weighted by Crippen LogP contribution is -2.15. The van der Waals surface area contributed by atoms with Gasteiger partial charge < -0.3 is 4.74 Å². The van der Waals surface area contributed by atoms with Gasteiger partial charge in [0.05, 0.1) is 6.61 Å². The first-order chi connectivity index (χ1) is 18.1. The number of ether oxygens (including phenoxy) is 1. The molecule has 0 N–H and O–H groups in total. The number of aryl methyl sites for hydroxylation is 1. The van der Waals surface area contributed by atoms with Crippen LogP contribution in [-0.4, -0.2) is 29.4 Å². The molecular weight excluding hydrogens is 459 g/mol. The number of benzene rings is 2. The number of alkyl halides is 1. The van der Waals surface area contributed by atoms with Crippen LogP contribution in [0.15, 0.2) is 60.9 Å². The maximum Gasteiger partial charge on any atom is 0.159 e. The standard InChI is InChI=1S/C33H45FN2O/c1-4-6-7-8-9-10-12-28-22-35-33(36-23-28)31-19-17-30(18-20-31)29-15-13-27(14-16-29)21-26(3)24-37-25-32(34)11-5-2/h13-20,22-23,26,32H,4-12,21,24-25H2,1-3H3. The van der Waals surface area contributed by atoms with Gasteiger partial charge in [-0.1, -0.05) is 108 Å². The van der Waals surface area contributed by atoms with Crippen molar-refractivity contribution in [2.45, 2.75) is 91.2 Å². The number of unbranched alkanes of at least 4 members (excludes halogenated alkanes) is 5. The van der Waals surface area contributed by atoms with Crippen molar-refractivity contribution in [1.82, 2.24) is 9.97 Å². The smallest absolute Gasteiger partial charge is 0.159 e. The van der Waals surface area contributed by atoms with E-state index in [4.69, 9.17) is 4.74 Å². The summed E-state index contributed by atoms with van der Waals surface area (Å²) in [6.07, 6.45) is 14.4. The quantitative estimate of drug-likeness (QED) is 0.172. The van der Waals surface area contributed by atoms with Crippen LogP contribution < -0.4 is 0 Å². The molecule has 0 aliphatic carbocycles. The van der Waals surface area contributed by atoms with E-state index in [9.17, 15) is 4.39 Å². The van der Waals surface area contributed by atoms with E-state index in [0.29, 0.717) is 18.9 Å². The summed E-state index contributed by atoms with van der Waals surface area (Å²) >= 11 is 0. The summed E-state index contributed by atoms with van der Waals surface area (Å²) in [5.41, 5.74) is 5.90. The summed E-state index contributed by atoms with van der Waals surface area (Å²) in [6, 6.07) is 17.2. The normalized spacial score (nSPS) is 13.0. The van der Waals surface area contributed by atoms with Crippen molar-refractivity contribution >= 4 is 0 Å². The second-order valence-electron chi connectivity index (χ2n) is 10.4. The predicted molar refractivity (Wildman–Crippen MR) is 153 cm³/mol. The zero-order valence-electron chi connectivity index (χ0n) is 23.1. The largest absolute Gasteiger partial charge is 0.378 e. The summed E-state index contributed by atoms with van der Waals surface area (Å²) < 4.78 is 19.2. The third kappa shape index (κ3) is 10.4. The lowest BCUT2D eigenvalue weighted by molar-refractivity contribution is 0.0575. The van der Waals surface area contributed by atoms with E-state index in [-0.39, 0.29) is 6.61 Å². The van der Waals surface area contributed by atoms with Crippen LogP contribution in [0.4, 0.5) is 4.39 Å². The number of halogens is 1. The molecule has 0 saturated carbocycles. The SMILES string of the molecule is CCCCCCCCc1cnc(-c2ccc(-c3ccc(CC(C)COCC(F)CCC)cc3)cc2)nc1. The van der Waals surface area contributed by atoms with E-state index in [1.165, 1.54) is 60.8 Å². The molecule has 3 nitrogen and oxygen atoms in total. The molecule has 2 aromatic carbocycles. The number of nitrogens with zero attached hydrogens (tertiary/aromatic N) is 2. The molecule has 0 aliphatic heterocycles. The van der Waals surface area contributed by atoms with Gasteiger partial charge in [-0.3, -0.25) is 0 Å². The van der Waals surface area contributed by atoms with Gasteiger partial charge in [0.2, 0.25) is 0 Å². The van der Waals surface area contributed by atoms with Crippen molar-refractivity contribution in [1.29, 1.82) is 0 Å². The number of rotatable bonds is 17. The first-order valence-electron chi connectivity index (χ1n) is 14.3. The van der Waals surface area contributed by atoms with Gasteiger partial charge in [-0.25, -0.2) is 14.4 Å². The molecular formula is C33H45FN2O. The molecule has 0 saturated heterocycles. The van der Waals surface area contributed by atoms with Crippen LogP contribution in [0, 0.1) is 5.92 Å². The average Bonchev–Trinajstić information content (AvgIpc) is 2.92. The van der Waals surface area contributed by atoms with Gasteiger partial charge >= 0.3 is 0 Å². The molecule has 2 atom stereocenters. The van der Waals surface area contributed by atoms with Gasteiger partial charge in [0, 0.05) is 24.6 Å². The minimum absolute atomic E-state index is 0.210. The third-order valence-electron chi connectivity index (χ3n) is 6.84. The average molecular weight is 505 g/mol. The Balaban J connectivity index is 1.46. The van der Waals surface area contributed by atoms with Gasteiger partial charge in [-0.05, 0) is 53.9 Å². The summed E-state index contributed by atoms with van der Waals surface area (Å²) in [5, 5.41) is 0. The zero-order chi connectivity index (χ0) is 26.3. The highest BCUT2D eigenvalue weighted by atomic mass is 19.1. The van der Waals surface area contributed by atoms with Crippen molar-refractivity contribution in [3.63, 3.8) is 0 Å². The minimum atomic E-state index is -0.844. The maximum atomic E-state index is 13.6. The predicted octanol–water partition coefficient (Wildman–Crippen LogP) is 9.05. The van der Waals surface area contributed by atoms with Crippen molar-refractivity contribution in [3.05, 3.63) is 72.1 Å². The second-order valence-corrected chi connectivity index (χ2v) is 10.4. The molecule has 0 aliphatic rings. The van der Waals surface area contributed by atoms with Crippen LogP contribution in [0.3, 0.4) is 0 Å². The van der Waals surface area contributed by atoms with Crippen LogP contribution in [0.1, 0.15) is 83.3 Å². The molecule has 4 heteroatoms. The maximum absolute atomic E-state index is 13.6. The van der Waals surface area contributed by atoms with Crippen LogP contribution in [0.5, 0.6) is 0 Å². The summed E-state index contributed by atoms with van der Waals surface area (Å²) in [5.74, 6) is 1.13. The van der Waals surface area contributed by atoms with Crippen molar-refractivity contribution < 1.29 is 9.13 Å². The summed E-state index contributed by atoms with van der Waals surface area (Å²) in [4.78, 5) is 9.23. The molecule has 0 bridgehead atoms. The fourth-order valence-corrected chi connectivity index (χ4v) is 4.64. The topological polar surface area (TPSA) is 35.0 Å². The van der Waals surface area contributed by atoms with Crippen molar-refractivity contribution in [2.75, 3.05) is 13.2 Å². The Labute approximate surface area is 223 Å². The molecule has 1 aromatic heterocycles. The molecule has 0 amide bonds. The molecule has 3 rings (SSSR count). The first-order valence-corrected chi connectivity index (χ1v) is 14.3. The number of hydrogen-bond donors (Lipinski definition) is 0. The van der Waals surface area contributed by atoms with Gasteiger partial charge in [-0.2, -0.15) is 0 Å². The van der Waals surface area contributed by atoms with Crippen molar-refractivity contribution in [2.24, 2.45) is 5.92 Å². The molecule has 37 heavy (non-hydrogen) atoms. The Morgan fingerprint density at radius 2 is 1.30 bits per heavy atom. The lowest BCUT2D eigenvalue weighted by atomic mass is 9.98. The fraction of sp³-hybridized carbons (Fsp3) is 0.515. The molecule has 3 aromatic rings. The van der Waals surface area contributed by atoms with E-state index < -0.39 is 6.17 Å². The monoisotopic (exact) mass is 504 g/mol. The summed E-state index contributed by atoms with van der Waals surface area (Å²) in [7, 11) is 0. The molecule has 0 radical (unpaired) electrons. The number of hydrogen-bond acceptors (Lipinski definition) is 3. The second kappa shape index (κ2) is 16.3. The highest BCUT2D eigenvalue weighted by Crippen LogP contribution is 2.24. The Morgan fingerprint density at radius 3 is 1.95 bits per heavy atom. The molecule has 200 valence electrons. The fourth-order valence-electron chi connectivity index (χ4n) is 4.64. The Kier molecular flexibility index (Phi) is 12.8. The Bertz CT molecular complexity index is 1000. The number of aromatic nitrogens is 2. The highest BCUT2D eigenvalue weighted by Gasteiger charge is 2.09. The third-order valence-corrected chi connectivity index (χ3v) is 6.84. The summed E-state index contributed by atoms with van der Waals surface area (Å²) in [6.45, 7) is 7.21. The van der Waals surface area contributed by atoms with E-state index in [1.54, 1.807) is 0 Å². The Hall–Kier alpha value is -2.59. The van der Waals surface area contributed by atoms with Gasteiger partial charge in [0.25, 0.3) is 0 Å². The molecule has 1 heterocycles. The van der Waals surface area contributed by atoms with Gasteiger partial charge in [-0.15, -0.1) is 0 Å². The van der Waals surface area contributed by atoms with E-state index in [2.05, 4.69) is 72.3 Å². The van der Waals surface area contributed by atoms with E-state index in [1.807, 2.05) is 19.3 Å². The van der Waals surface area contributed by atoms with Crippen LogP contribution in [0.25, 0.3) is 22.5 Å². The molecule has 2 unspecified atom stereocenters. The van der Waals surface area contributed by atoms with Gasteiger partial charge in [0.1, 0.15) is 6.17 Å². The minimum Gasteiger partial charge on any atom is -0.378 e. The zero-order valence-corrected chi connectivity index (χ0v) is 23.1. The van der Waals surface area contributed by atoms with Gasteiger partial charge in [0.15, 0.2) is 5.82 Å². The van der Waals surface area contributed by atoms with E-state index >= 15 is 0 Å². The van der Waals surface area contributed by atoms with E-state index in [0.717, 1.165) is 30.7 Å². The van der Waals surface area contributed by atoms with Crippen LogP contribution in [0.2, 0.25) is 0 Å². The molecule has 0 fully saturated rings. The van der Waals surface area contributed by atoms with Crippen molar-refractivity contribution in [3.8, 4) is 22.5 Å².